The third-order valence-electron chi connectivity index (χ3n) is 2.80. The highest BCUT2D eigenvalue weighted by Crippen LogP contribution is 2.25. The molecule has 0 bridgehead atoms. The molecule has 0 unspecified atom stereocenters. The lowest BCUT2D eigenvalue weighted by atomic mass is 10.2. The van der Waals surface area contributed by atoms with Gasteiger partial charge in [0.25, 0.3) is 5.69 Å². The molecule has 0 saturated heterocycles. The van der Waals surface area contributed by atoms with Gasteiger partial charge in [-0.05, 0) is 31.4 Å². The fourth-order valence-corrected chi connectivity index (χ4v) is 1.70. The summed E-state index contributed by atoms with van der Waals surface area (Å²) in [5, 5.41) is 17.3. The van der Waals surface area contributed by atoms with Crippen LogP contribution in [0.4, 0.5) is 11.4 Å². The lowest BCUT2D eigenvalue weighted by Crippen LogP contribution is -2.24. The standard InChI is InChI=1S/C12H17N3O2/c1-9-2-5-11(12(8-9)15(16)17)14-7-6-13-10-3-4-10/h2,5,8,10,13-14H,3-4,6-7H2,1H3. The average Bonchev–Trinajstić information content (AvgIpc) is 3.09. The smallest absolute Gasteiger partial charge is 0.292 e. The molecule has 0 spiro atoms. The summed E-state index contributed by atoms with van der Waals surface area (Å²) < 4.78 is 0. The number of nitrogens with zero attached hydrogens (tertiary/aromatic N) is 1. The normalized spacial score (nSPS) is 14.6. The molecule has 17 heavy (non-hydrogen) atoms. The van der Waals surface area contributed by atoms with Crippen LogP contribution in [0.3, 0.4) is 0 Å². The van der Waals surface area contributed by atoms with Gasteiger partial charge in [0.05, 0.1) is 4.92 Å². The van der Waals surface area contributed by atoms with Crippen molar-refractivity contribution in [3.05, 3.63) is 33.9 Å². The molecule has 1 fully saturated rings. The van der Waals surface area contributed by atoms with E-state index in [1.54, 1.807) is 12.1 Å². The second-order valence-electron chi connectivity index (χ2n) is 4.43. The van der Waals surface area contributed by atoms with E-state index >= 15 is 0 Å². The van der Waals surface area contributed by atoms with Crippen LogP contribution in [0.1, 0.15) is 18.4 Å². The number of rotatable bonds is 6. The molecule has 0 radical (unpaired) electrons. The molecule has 0 aliphatic heterocycles. The number of nitrogens with one attached hydrogen (secondary N) is 2. The molecule has 92 valence electrons. The molecule has 0 amide bonds. The highest BCUT2D eigenvalue weighted by molar-refractivity contribution is 5.62. The molecule has 2 rings (SSSR count). The third kappa shape index (κ3) is 3.42. The van der Waals surface area contributed by atoms with Gasteiger partial charge in [0, 0.05) is 25.2 Å². The van der Waals surface area contributed by atoms with Crippen LogP contribution >= 0.6 is 0 Å². The minimum atomic E-state index is -0.344. The molecular weight excluding hydrogens is 218 g/mol. The Labute approximate surface area is 100 Å². The molecule has 0 atom stereocenters. The van der Waals surface area contributed by atoms with Gasteiger partial charge in [-0.15, -0.1) is 0 Å². The molecular formula is C12H17N3O2. The van der Waals surface area contributed by atoms with E-state index in [1.165, 1.54) is 12.8 Å². The van der Waals surface area contributed by atoms with E-state index in [9.17, 15) is 10.1 Å². The van der Waals surface area contributed by atoms with Crippen molar-refractivity contribution in [2.45, 2.75) is 25.8 Å². The summed E-state index contributed by atoms with van der Waals surface area (Å²) in [5.41, 5.74) is 1.65. The maximum Gasteiger partial charge on any atom is 0.292 e. The number of nitro benzene ring substituents is 1. The van der Waals surface area contributed by atoms with E-state index in [2.05, 4.69) is 10.6 Å². The van der Waals surface area contributed by atoms with Crippen LogP contribution in [-0.2, 0) is 0 Å². The number of hydrogen-bond acceptors (Lipinski definition) is 4. The van der Waals surface area contributed by atoms with Crippen molar-refractivity contribution in [2.75, 3.05) is 18.4 Å². The van der Waals surface area contributed by atoms with E-state index < -0.39 is 0 Å². The summed E-state index contributed by atoms with van der Waals surface area (Å²) >= 11 is 0. The monoisotopic (exact) mass is 235 g/mol. The summed E-state index contributed by atoms with van der Waals surface area (Å²) in [5.74, 6) is 0. The van der Waals surface area contributed by atoms with Crippen LogP contribution < -0.4 is 10.6 Å². The Bertz CT molecular complexity index is 416. The van der Waals surface area contributed by atoms with Gasteiger partial charge in [-0.2, -0.15) is 0 Å². The Morgan fingerprint density at radius 2 is 2.18 bits per heavy atom. The van der Waals surface area contributed by atoms with Gasteiger partial charge in [-0.25, -0.2) is 0 Å². The lowest BCUT2D eigenvalue weighted by Gasteiger charge is -2.08. The molecule has 0 aromatic heterocycles. The Balaban J connectivity index is 1.91. The van der Waals surface area contributed by atoms with Gasteiger partial charge in [0.1, 0.15) is 5.69 Å². The average molecular weight is 235 g/mol. The summed E-state index contributed by atoms with van der Waals surface area (Å²) in [6.07, 6.45) is 2.51. The van der Waals surface area contributed by atoms with Gasteiger partial charge in [0.15, 0.2) is 0 Å². The second-order valence-corrected chi connectivity index (χ2v) is 4.43. The number of benzene rings is 1. The van der Waals surface area contributed by atoms with Crippen LogP contribution in [0.5, 0.6) is 0 Å². The van der Waals surface area contributed by atoms with E-state index in [-0.39, 0.29) is 10.6 Å². The minimum Gasteiger partial charge on any atom is -0.378 e. The molecule has 0 heterocycles. The molecule has 5 nitrogen and oxygen atoms in total. The molecule has 2 N–H and O–H groups in total. The van der Waals surface area contributed by atoms with Crippen molar-refractivity contribution < 1.29 is 4.92 Å². The summed E-state index contributed by atoms with van der Waals surface area (Å²) in [4.78, 5) is 10.5. The zero-order valence-electron chi connectivity index (χ0n) is 9.90. The van der Waals surface area contributed by atoms with Gasteiger partial charge in [-0.3, -0.25) is 10.1 Å². The predicted octanol–water partition coefficient (Wildman–Crippen LogP) is 2.07. The zero-order chi connectivity index (χ0) is 12.3. The first-order valence-corrected chi connectivity index (χ1v) is 5.89. The number of aryl methyl sites for hydroxylation is 1. The highest BCUT2D eigenvalue weighted by Gasteiger charge is 2.19. The number of anilines is 1. The number of hydrogen-bond donors (Lipinski definition) is 2. The second kappa shape index (κ2) is 5.14. The summed E-state index contributed by atoms with van der Waals surface area (Å²) in [6.45, 7) is 3.40. The Morgan fingerprint density at radius 3 is 2.82 bits per heavy atom. The first-order chi connectivity index (χ1) is 8.16. The van der Waals surface area contributed by atoms with Crippen molar-refractivity contribution >= 4 is 11.4 Å². The fraction of sp³-hybridized carbons (Fsp3) is 0.500. The zero-order valence-corrected chi connectivity index (χ0v) is 9.90. The Hall–Kier alpha value is -1.62. The molecule has 1 aromatic carbocycles. The predicted molar refractivity (Wildman–Crippen MR) is 67.3 cm³/mol. The van der Waals surface area contributed by atoms with Crippen molar-refractivity contribution in [3.63, 3.8) is 0 Å². The summed E-state index contributed by atoms with van der Waals surface area (Å²) in [7, 11) is 0. The van der Waals surface area contributed by atoms with Crippen LogP contribution in [-0.4, -0.2) is 24.1 Å². The summed E-state index contributed by atoms with van der Waals surface area (Å²) in [6, 6.07) is 5.91. The molecule has 1 aliphatic rings. The van der Waals surface area contributed by atoms with Gasteiger partial charge in [-0.1, -0.05) is 6.07 Å². The maximum absolute atomic E-state index is 10.9. The maximum atomic E-state index is 10.9. The van der Waals surface area contributed by atoms with Gasteiger partial charge >= 0.3 is 0 Å². The topological polar surface area (TPSA) is 67.2 Å². The lowest BCUT2D eigenvalue weighted by molar-refractivity contribution is -0.384. The van der Waals surface area contributed by atoms with Crippen LogP contribution in [0, 0.1) is 17.0 Å². The molecule has 1 saturated carbocycles. The highest BCUT2D eigenvalue weighted by atomic mass is 16.6. The van der Waals surface area contributed by atoms with Crippen molar-refractivity contribution in [2.24, 2.45) is 0 Å². The SMILES string of the molecule is Cc1ccc(NCCNC2CC2)c([N+](=O)[O-])c1. The quantitative estimate of drug-likeness (QED) is 0.450. The minimum absolute atomic E-state index is 0.149. The van der Waals surface area contributed by atoms with E-state index in [4.69, 9.17) is 0 Å². The Morgan fingerprint density at radius 1 is 1.41 bits per heavy atom. The van der Waals surface area contributed by atoms with Crippen molar-refractivity contribution in [1.29, 1.82) is 0 Å². The van der Waals surface area contributed by atoms with Gasteiger partial charge in [0.2, 0.25) is 0 Å². The van der Waals surface area contributed by atoms with Crippen LogP contribution in [0.15, 0.2) is 18.2 Å². The van der Waals surface area contributed by atoms with Crippen molar-refractivity contribution in [1.82, 2.24) is 5.32 Å². The first kappa shape index (κ1) is 11.9. The largest absolute Gasteiger partial charge is 0.378 e. The van der Waals surface area contributed by atoms with Crippen LogP contribution in [0.25, 0.3) is 0 Å². The molecule has 1 aliphatic carbocycles. The van der Waals surface area contributed by atoms with E-state index in [1.807, 2.05) is 13.0 Å². The van der Waals surface area contributed by atoms with Gasteiger partial charge < -0.3 is 10.6 Å². The Kier molecular flexibility index (Phi) is 3.58. The molecule has 5 heteroatoms. The number of nitro groups is 1. The van der Waals surface area contributed by atoms with Crippen LogP contribution in [0.2, 0.25) is 0 Å². The van der Waals surface area contributed by atoms with E-state index in [0.29, 0.717) is 18.3 Å². The third-order valence-corrected chi connectivity index (χ3v) is 2.80. The molecule has 1 aromatic rings. The van der Waals surface area contributed by atoms with Crippen molar-refractivity contribution in [3.8, 4) is 0 Å². The van der Waals surface area contributed by atoms with E-state index in [0.717, 1.165) is 12.1 Å². The fourth-order valence-electron chi connectivity index (χ4n) is 1.70. The first-order valence-electron chi connectivity index (χ1n) is 5.89.